The predicted octanol–water partition coefficient (Wildman–Crippen LogP) is 3.45. The van der Waals surface area contributed by atoms with Crippen LogP contribution in [0.4, 0.5) is 10.5 Å². The van der Waals surface area contributed by atoms with E-state index in [0.29, 0.717) is 35.4 Å². The van der Waals surface area contributed by atoms with Gasteiger partial charge >= 0.3 is 6.03 Å². The molecule has 0 radical (unpaired) electrons. The van der Waals surface area contributed by atoms with Gasteiger partial charge in [0.2, 0.25) is 15.8 Å². The first-order valence-corrected chi connectivity index (χ1v) is 15.1. The second kappa shape index (κ2) is 12.6. The van der Waals surface area contributed by atoms with Crippen LogP contribution in [-0.4, -0.2) is 89.5 Å². The summed E-state index contributed by atoms with van der Waals surface area (Å²) in [4.78, 5) is 15.4. The molecule has 2 aromatic carbocycles. The summed E-state index contributed by atoms with van der Waals surface area (Å²) in [5, 5.41) is 6.57. The van der Waals surface area contributed by atoms with E-state index < -0.39 is 16.1 Å². The number of hydrogen-bond donors (Lipinski definition) is 2. The predicted molar refractivity (Wildman–Crippen MR) is 152 cm³/mol. The highest BCUT2D eigenvalue weighted by atomic mass is 35.5. The Bertz CT molecular complexity index is 1230. The summed E-state index contributed by atoms with van der Waals surface area (Å²) in [7, 11) is 1.11. The van der Waals surface area contributed by atoms with Gasteiger partial charge in [0.1, 0.15) is 0 Å². The fourth-order valence-corrected chi connectivity index (χ4v) is 6.45. The van der Waals surface area contributed by atoms with Crippen LogP contribution in [0.3, 0.4) is 0 Å². The van der Waals surface area contributed by atoms with Crippen molar-refractivity contribution in [2.75, 3.05) is 59.1 Å². The molecule has 2 aromatic rings. The summed E-state index contributed by atoms with van der Waals surface area (Å²) in [5.74, 6) is 1.79. The number of methoxy groups -OCH3 is 3. The summed E-state index contributed by atoms with van der Waals surface area (Å²) < 4.78 is 42.3. The molecular weight excluding hydrogens is 544 g/mol. The molecule has 2 amide bonds. The van der Waals surface area contributed by atoms with Crippen molar-refractivity contribution in [3.05, 3.63) is 47.0 Å². The standard InChI is InChI=1S/C27H37ClN4O6S/c1-36-24-14-21(15-25(37-2)26(24)38-3)29-27(33)30-22-16-32(39(4,34)35)17-23(22)31-11-9-19(10-12-31)13-18-5-7-20(28)8-6-18/h5-8,14-15,19,22-23H,9-13,16-17H2,1-4H3,(H2,29,30,33)/t22-,23-/m1/s1. The van der Waals surface area contributed by atoms with Crippen LogP contribution in [0.1, 0.15) is 18.4 Å². The van der Waals surface area contributed by atoms with Crippen LogP contribution >= 0.6 is 11.6 Å². The minimum Gasteiger partial charge on any atom is -0.493 e. The minimum atomic E-state index is -3.41. The maximum atomic E-state index is 13.1. The molecule has 2 aliphatic rings. The lowest BCUT2D eigenvalue weighted by Crippen LogP contribution is -2.54. The molecule has 0 unspecified atom stereocenters. The van der Waals surface area contributed by atoms with Crippen molar-refractivity contribution in [1.82, 2.24) is 14.5 Å². The Morgan fingerprint density at radius 1 is 1.00 bits per heavy atom. The van der Waals surface area contributed by atoms with Crippen LogP contribution < -0.4 is 24.8 Å². The number of carbonyl (C=O) groups is 1. The molecule has 2 aliphatic heterocycles. The Morgan fingerprint density at radius 2 is 1.62 bits per heavy atom. The second-order valence-electron chi connectivity index (χ2n) is 10.1. The van der Waals surface area contributed by atoms with Crippen LogP contribution in [-0.2, 0) is 16.4 Å². The van der Waals surface area contributed by atoms with E-state index in [1.807, 2.05) is 12.1 Å². The van der Waals surface area contributed by atoms with E-state index >= 15 is 0 Å². The van der Waals surface area contributed by atoms with E-state index in [0.717, 1.165) is 37.4 Å². The normalized spacial score (nSPS) is 20.9. The first-order chi connectivity index (χ1) is 18.6. The number of ether oxygens (including phenoxy) is 3. The van der Waals surface area contributed by atoms with Gasteiger partial charge in [0.15, 0.2) is 11.5 Å². The van der Waals surface area contributed by atoms with Gasteiger partial charge in [-0.3, -0.25) is 4.90 Å². The molecule has 0 aliphatic carbocycles. The Balaban J connectivity index is 1.42. The van der Waals surface area contributed by atoms with Crippen molar-refractivity contribution < 1.29 is 27.4 Å². The lowest BCUT2D eigenvalue weighted by molar-refractivity contribution is 0.125. The molecule has 0 spiro atoms. The summed E-state index contributed by atoms with van der Waals surface area (Å²) in [6, 6.07) is 10.3. The molecule has 2 heterocycles. The van der Waals surface area contributed by atoms with Crippen LogP contribution in [0, 0.1) is 5.92 Å². The second-order valence-corrected chi connectivity index (χ2v) is 12.5. The zero-order valence-corrected chi connectivity index (χ0v) is 24.3. The van der Waals surface area contributed by atoms with Gasteiger partial charge in [0.05, 0.1) is 39.3 Å². The van der Waals surface area contributed by atoms with Crippen LogP contribution in [0.5, 0.6) is 17.2 Å². The highest BCUT2D eigenvalue weighted by Crippen LogP contribution is 2.40. The average molecular weight is 581 g/mol. The number of rotatable bonds is 9. The van der Waals surface area contributed by atoms with E-state index in [1.165, 1.54) is 37.5 Å². The van der Waals surface area contributed by atoms with Gasteiger partial charge in [0, 0.05) is 36.3 Å². The molecule has 2 atom stereocenters. The van der Waals surface area contributed by atoms with Crippen molar-refractivity contribution in [2.45, 2.75) is 31.3 Å². The summed E-state index contributed by atoms with van der Waals surface area (Å²) in [6.07, 6.45) is 4.20. The third kappa shape index (κ3) is 7.27. The summed E-state index contributed by atoms with van der Waals surface area (Å²) >= 11 is 6.02. The zero-order chi connectivity index (χ0) is 28.2. The van der Waals surface area contributed by atoms with Crippen molar-refractivity contribution in [1.29, 1.82) is 0 Å². The third-order valence-electron chi connectivity index (χ3n) is 7.52. The molecule has 2 N–H and O–H groups in total. The number of sulfonamides is 1. The first-order valence-electron chi connectivity index (χ1n) is 12.9. The minimum absolute atomic E-state index is 0.123. The Hall–Kier alpha value is -2.73. The topological polar surface area (TPSA) is 109 Å². The lowest BCUT2D eigenvalue weighted by Gasteiger charge is -2.38. The van der Waals surface area contributed by atoms with Gasteiger partial charge in [-0.1, -0.05) is 23.7 Å². The molecule has 0 bridgehead atoms. The van der Waals surface area contributed by atoms with E-state index in [1.54, 1.807) is 12.1 Å². The fourth-order valence-electron chi connectivity index (χ4n) is 5.47. The SMILES string of the molecule is COc1cc(NC(=O)N[C@@H]2CN(S(C)(=O)=O)C[C@H]2N2CCC(Cc3ccc(Cl)cc3)CC2)cc(OC)c1OC. The summed E-state index contributed by atoms with van der Waals surface area (Å²) in [5.41, 5.74) is 1.73. The number of nitrogens with zero attached hydrogens (tertiary/aromatic N) is 2. The van der Waals surface area contributed by atoms with Gasteiger partial charge in [-0.15, -0.1) is 0 Å². The molecule has 2 saturated heterocycles. The van der Waals surface area contributed by atoms with Gasteiger partial charge in [-0.05, 0) is 56.0 Å². The molecule has 4 rings (SSSR count). The van der Waals surface area contributed by atoms with Gasteiger partial charge < -0.3 is 24.8 Å². The highest BCUT2D eigenvalue weighted by Gasteiger charge is 2.42. The average Bonchev–Trinajstić information content (AvgIpc) is 3.34. The first kappa shape index (κ1) is 29.3. The number of halogens is 1. The van der Waals surface area contributed by atoms with Crippen LogP contribution in [0.2, 0.25) is 5.02 Å². The van der Waals surface area contributed by atoms with Gasteiger partial charge in [-0.2, -0.15) is 4.31 Å². The van der Waals surface area contributed by atoms with E-state index in [4.69, 9.17) is 25.8 Å². The quantitative estimate of drug-likeness (QED) is 0.467. The van der Waals surface area contributed by atoms with Crippen molar-refractivity contribution >= 4 is 33.3 Å². The zero-order valence-electron chi connectivity index (χ0n) is 22.8. The van der Waals surface area contributed by atoms with Gasteiger partial charge in [-0.25, -0.2) is 13.2 Å². The molecule has 0 aromatic heterocycles. The molecule has 0 saturated carbocycles. The number of amides is 2. The third-order valence-corrected chi connectivity index (χ3v) is 9.01. The van der Waals surface area contributed by atoms with E-state index in [-0.39, 0.29) is 18.6 Å². The number of nitrogens with one attached hydrogen (secondary N) is 2. The molecular formula is C27H37ClN4O6S. The Kier molecular flexibility index (Phi) is 9.47. The molecule has 214 valence electrons. The van der Waals surface area contributed by atoms with Crippen LogP contribution in [0.15, 0.2) is 36.4 Å². The molecule has 2 fully saturated rings. The highest BCUT2D eigenvalue weighted by molar-refractivity contribution is 7.88. The van der Waals surface area contributed by atoms with E-state index in [2.05, 4.69) is 27.7 Å². The Labute approximate surface area is 235 Å². The Morgan fingerprint density at radius 3 is 2.15 bits per heavy atom. The number of piperidine rings is 1. The maximum absolute atomic E-state index is 13.1. The number of hydrogen-bond acceptors (Lipinski definition) is 7. The number of benzene rings is 2. The monoisotopic (exact) mass is 580 g/mol. The fraction of sp³-hybridized carbons (Fsp3) is 0.519. The molecule has 10 nitrogen and oxygen atoms in total. The smallest absolute Gasteiger partial charge is 0.319 e. The van der Waals surface area contributed by atoms with Crippen LogP contribution in [0.25, 0.3) is 0 Å². The molecule has 12 heteroatoms. The largest absolute Gasteiger partial charge is 0.493 e. The number of anilines is 1. The number of carbonyl (C=O) groups excluding carboxylic acids is 1. The number of likely N-dealkylation sites (tertiary alicyclic amines) is 1. The lowest BCUT2D eigenvalue weighted by atomic mass is 9.89. The van der Waals surface area contributed by atoms with Gasteiger partial charge in [0.25, 0.3) is 0 Å². The maximum Gasteiger partial charge on any atom is 0.319 e. The van der Waals surface area contributed by atoms with Crippen molar-refractivity contribution in [3.8, 4) is 17.2 Å². The van der Waals surface area contributed by atoms with Crippen molar-refractivity contribution in [3.63, 3.8) is 0 Å². The van der Waals surface area contributed by atoms with E-state index in [9.17, 15) is 13.2 Å². The summed E-state index contributed by atoms with van der Waals surface area (Å²) in [6.45, 7) is 2.24. The number of urea groups is 1. The molecule has 39 heavy (non-hydrogen) atoms. The van der Waals surface area contributed by atoms with Crippen molar-refractivity contribution in [2.24, 2.45) is 5.92 Å².